The number of ether oxygens (including phenoxy) is 2. The molecule has 0 amide bonds. The van der Waals surface area contributed by atoms with Gasteiger partial charge in [-0.2, -0.15) is 0 Å². The average Bonchev–Trinajstić information content (AvgIpc) is 2.99. The molecule has 3 saturated heterocycles. The second-order valence-electron chi connectivity index (χ2n) is 6.01. The lowest BCUT2D eigenvalue weighted by Crippen LogP contribution is -2.47. The fraction of sp³-hybridized carbons (Fsp3) is 1.00. The van der Waals surface area contributed by atoms with Crippen molar-refractivity contribution in [2.24, 2.45) is 0 Å². The number of nitrogens with one attached hydrogen (secondary N) is 1. The van der Waals surface area contributed by atoms with E-state index in [9.17, 15) is 0 Å². The van der Waals surface area contributed by atoms with Crippen LogP contribution in [-0.4, -0.2) is 62.0 Å². The summed E-state index contributed by atoms with van der Waals surface area (Å²) in [6.45, 7) is 7.68. The van der Waals surface area contributed by atoms with Gasteiger partial charge in [0.2, 0.25) is 0 Å². The number of hydrogen-bond donors (Lipinski definition) is 1. The highest BCUT2D eigenvalue weighted by Crippen LogP contribution is 2.25. The third kappa shape index (κ3) is 3.05. The minimum Gasteiger partial charge on any atom is -0.377 e. The van der Waals surface area contributed by atoms with Gasteiger partial charge in [-0.3, -0.25) is 4.90 Å². The highest BCUT2D eigenvalue weighted by atomic mass is 16.5. The minimum absolute atomic E-state index is 0.436. The van der Waals surface area contributed by atoms with Crippen molar-refractivity contribution in [2.45, 2.75) is 57.0 Å². The topological polar surface area (TPSA) is 33.7 Å². The molecule has 0 aliphatic carbocycles. The summed E-state index contributed by atoms with van der Waals surface area (Å²) in [5.41, 5.74) is 0. The summed E-state index contributed by atoms with van der Waals surface area (Å²) in [5.74, 6) is 0. The number of hydrogen-bond acceptors (Lipinski definition) is 4. The molecule has 0 saturated carbocycles. The molecule has 3 rings (SSSR count). The predicted molar refractivity (Wildman–Crippen MR) is 70.8 cm³/mol. The first-order valence-electron chi connectivity index (χ1n) is 7.54. The molecule has 4 heteroatoms. The number of morpholine rings is 1. The molecule has 0 aromatic rings. The van der Waals surface area contributed by atoms with E-state index in [1.807, 2.05) is 0 Å². The quantitative estimate of drug-likeness (QED) is 0.794. The van der Waals surface area contributed by atoms with E-state index in [1.165, 1.54) is 25.7 Å². The van der Waals surface area contributed by atoms with Gasteiger partial charge in [0.25, 0.3) is 0 Å². The van der Waals surface area contributed by atoms with Gasteiger partial charge in [-0.1, -0.05) is 0 Å². The van der Waals surface area contributed by atoms with Crippen LogP contribution in [0.15, 0.2) is 0 Å². The summed E-state index contributed by atoms with van der Waals surface area (Å²) in [5, 5.41) is 3.61. The van der Waals surface area contributed by atoms with Crippen LogP contribution in [0.2, 0.25) is 0 Å². The largest absolute Gasteiger partial charge is 0.377 e. The van der Waals surface area contributed by atoms with Crippen molar-refractivity contribution in [1.82, 2.24) is 10.2 Å². The first kappa shape index (κ1) is 12.9. The van der Waals surface area contributed by atoms with Gasteiger partial charge in [-0.05, 0) is 32.6 Å². The van der Waals surface area contributed by atoms with Crippen molar-refractivity contribution in [2.75, 3.05) is 32.8 Å². The Morgan fingerprint density at radius 1 is 1.22 bits per heavy atom. The SMILES string of the molecule is CC(NCCN1CC2CCC(C1)O2)C1CCCO1. The first-order valence-corrected chi connectivity index (χ1v) is 7.54. The molecule has 0 spiro atoms. The summed E-state index contributed by atoms with van der Waals surface area (Å²) >= 11 is 0. The molecule has 0 radical (unpaired) electrons. The van der Waals surface area contributed by atoms with Crippen molar-refractivity contribution in [3.63, 3.8) is 0 Å². The molecule has 0 aromatic carbocycles. The van der Waals surface area contributed by atoms with Crippen molar-refractivity contribution in [3.05, 3.63) is 0 Å². The van der Waals surface area contributed by atoms with E-state index >= 15 is 0 Å². The first-order chi connectivity index (χ1) is 8.81. The van der Waals surface area contributed by atoms with E-state index in [4.69, 9.17) is 9.47 Å². The highest BCUT2D eigenvalue weighted by Gasteiger charge is 2.33. The third-order valence-electron chi connectivity index (χ3n) is 4.54. The number of likely N-dealkylation sites (tertiary alicyclic amines) is 1. The van der Waals surface area contributed by atoms with Crippen LogP contribution >= 0.6 is 0 Å². The molecule has 4 unspecified atom stereocenters. The zero-order valence-electron chi connectivity index (χ0n) is 11.4. The maximum absolute atomic E-state index is 5.85. The van der Waals surface area contributed by atoms with Gasteiger partial charge in [-0.15, -0.1) is 0 Å². The van der Waals surface area contributed by atoms with E-state index in [2.05, 4.69) is 17.1 Å². The van der Waals surface area contributed by atoms with Crippen LogP contribution in [0, 0.1) is 0 Å². The Balaban J connectivity index is 1.34. The van der Waals surface area contributed by atoms with Gasteiger partial charge in [-0.25, -0.2) is 0 Å². The average molecular weight is 254 g/mol. The molecule has 2 bridgehead atoms. The molecule has 0 aromatic heterocycles. The minimum atomic E-state index is 0.436. The van der Waals surface area contributed by atoms with Crippen molar-refractivity contribution < 1.29 is 9.47 Å². The predicted octanol–water partition coefficient (Wildman–Crippen LogP) is 1.01. The van der Waals surface area contributed by atoms with Gasteiger partial charge in [0.1, 0.15) is 0 Å². The third-order valence-corrected chi connectivity index (χ3v) is 4.54. The highest BCUT2D eigenvalue weighted by molar-refractivity contribution is 4.85. The maximum atomic E-state index is 5.85. The van der Waals surface area contributed by atoms with E-state index in [0.29, 0.717) is 24.4 Å². The van der Waals surface area contributed by atoms with E-state index < -0.39 is 0 Å². The molecule has 3 aliphatic rings. The van der Waals surface area contributed by atoms with Gasteiger partial charge in [0.15, 0.2) is 0 Å². The molecule has 4 atom stereocenters. The van der Waals surface area contributed by atoms with Gasteiger partial charge in [0.05, 0.1) is 18.3 Å². The molecular weight excluding hydrogens is 228 g/mol. The Hall–Kier alpha value is -0.160. The molecule has 3 aliphatic heterocycles. The summed E-state index contributed by atoms with van der Waals surface area (Å²) in [7, 11) is 0. The van der Waals surface area contributed by atoms with Crippen LogP contribution < -0.4 is 5.32 Å². The number of rotatable bonds is 5. The van der Waals surface area contributed by atoms with Crippen LogP contribution in [0.25, 0.3) is 0 Å². The Kier molecular flexibility index (Phi) is 4.19. The van der Waals surface area contributed by atoms with E-state index in [-0.39, 0.29) is 0 Å². The summed E-state index contributed by atoms with van der Waals surface area (Å²) in [4.78, 5) is 2.56. The van der Waals surface area contributed by atoms with Crippen molar-refractivity contribution in [3.8, 4) is 0 Å². The summed E-state index contributed by atoms with van der Waals surface area (Å²) in [6, 6.07) is 0.491. The van der Waals surface area contributed by atoms with Gasteiger partial charge < -0.3 is 14.8 Å². The van der Waals surface area contributed by atoms with Crippen LogP contribution in [0.4, 0.5) is 0 Å². The Morgan fingerprint density at radius 3 is 2.67 bits per heavy atom. The molecule has 104 valence electrons. The van der Waals surface area contributed by atoms with Gasteiger partial charge >= 0.3 is 0 Å². The second-order valence-corrected chi connectivity index (χ2v) is 6.01. The maximum Gasteiger partial charge on any atom is 0.0726 e. The number of nitrogens with zero attached hydrogens (tertiary/aromatic N) is 1. The van der Waals surface area contributed by atoms with Crippen LogP contribution in [-0.2, 0) is 9.47 Å². The fourth-order valence-electron chi connectivity index (χ4n) is 3.46. The van der Waals surface area contributed by atoms with Crippen LogP contribution in [0.1, 0.15) is 32.6 Å². The molecule has 3 heterocycles. The van der Waals surface area contributed by atoms with Crippen molar-refractivity contribution in [1.29, 1.82) is 0 Å². The van der Waals surface area contributed by atoms with Crippen LogP contribution in [0.3, 0.4) is 0 Å². The van der Waals surface area contributed by atoms with Gasteiger partial charge in [0, 0.05) is 38.8 Å². The smallest absolute Gasteiger partial charge is 0.0726 e. The lowest BCUT2D eigenvalue weighted by molar-refractivity contribution is -0.0381. The lowest BCUT2D eigenvalue weighted by Gasteiger charge is -2.32. The zero-order chi connectivity index (χ0) is 12.4. The molecule has 1 N–H and O–H groups in total. The fourth-order valence-corrected chi connectivity index (χ4v) is 3.46. The second kappa shape index (κ2) is 5.87. The number of fused-ring (bicyclic) bond motifs is 2. The zero-order valence-corrected chi connectivity index (χ0v) is 11.4. The Bertz CT molecular complexity index is 257. The summed E-state index contributed by atoms with van der Waals surface area (Å²) in [6.07, 6.45) is 6.44. The van der Waals surface area contributed by atoms with Crippen LogP contribution in [0.5, 0.6) is 0 Å². The normalized spacial score (nSPS) is 38.2. The molecule has 4 nitrogen and oxygen atoms in total. The molecule has 3 fully saturated rings. The molecular formula is C14H26N2O2. The summed E-state index contributed by atoms with van der Waals surface area (Å²) < 4.78 is 11.6. The monoisotopic (exact) mass is 254 g/mol. The Morgan fingerprint density at radius 2 is 2.00 bits per heavy atom. The van der Waals surface area contributed by atoms with E-state index in [1.54, 1.807) is 0 Å². The lowest BCUT2D eigenvalue weighted by atomic mass is 10.1. The Labute approximate surface area is 110 Å². The standard InChI is InChI=1S/C14H26N2O2/c1-11(14-3-2-8-17-14)15-6-7-16-9-12-4-5-13(10-16)18-12/h11-15H,2-10H2,1H3. The molecule has 18 heavy (non-hydrogen) atoms. The van der Waals surface area contributed by atoms with Crippen molar-refractivity contribution >= 4 is 0 Å². The van der Waals surface area contributed by atoms with E-state index in [0.717, 1.165) is 32.8 Å².